The highest BCUT2D eigenvalue weighted by atomic mass is 16.5. The Hall–Kier alpha value is -2.50. The molecule has 0 saturated carbocycles. The van der Waals surface area contributed by atoms with Crippen molar-refractivity contribution in [3.8, 4) is 11.5 Å². The van der Waals surface area contributed by atoms with Gasteiger partial charge in [-0.1, -0.05) is 19.9 Å². The van der Waals surface area contributed by atoms with Gasteiger partial charge in [0.15, 0.2) is 17.3 Å². The van der Waals surface area contributed by atoms with Crippen LogP contribution < -0.4 is 10.1 Å². The zero-order valence-corrected chi connectivity index (χ0v) is 11.6. The van der Waals surface area contributed by atoms with Crippen molar-refractivity contribution in [3.05, 3.63) is 35.5 Å². The molecule has 2 rings (SSSR count). The Morgan fingerprint density at radius 3 is 2.80 bits per heavy atom. The first-order valence-corrected chi connectivity index (χ1v) is 6.25. The van der Waals surface area contributed by atoms with Gasteiger partial charge in [0.05, 0.1) is 12.7 Å². The number of carbonyl (C=O) groups excluding carboxylic acids is 1. The number of ether oxygens (including phenoxy) is 1. The molecular weight excluding hydrogens is 258 g/mol. The van der Waals surface area contributed by atoms with Gasteiger partial charge in [-0.05, 0) is 18.1 Å². The van der Waals surface area contributed by atoms with Gasteiger partial charge in [0.1, 0.15) is 0 Å². The maximum absolute atomic E-state index is 12.1. The predicted molar refractivity (Wildman–Crippen MR) is 75.3 cm³/mol. The summed E-state index contributed by atoms with van der Waals surface area (Å²) in [5.41, 5.74) is 1.06. The number of hydrogen-bond acceptors (Lipinski definition) is 4. The molecule has 0 radical (unpaired) electrons. The van der Waals surface area contributed by atoms with E-state index in [9.17, 15) is 9.90 Å². The second kappa shape index (κ2) is 5.64. The lowest BCUT2D eigenvalue weighted by Gasteiger charge is -2.07. The fourth-order valence-electron chi connectivity index (χ4n) is 1.75. The third-order valence-corrected chi connectivity index (χ3v) is 2.92. The molecule has 106 valence electrons. The van der Waals surface area contributed by atoms with Crippen molar-refractivity contribution in [2.45, 2.75) is 19.8 Å². The van der Waals surface area contributed by atoms with Crippen LogP contribution in [0.25, 0.3) is 0 Å². The van der Waals surface area contributed by atoms with Gasteiger partial charge in [-0.25, -0.2) is 0 Å². The van der Waals surface area contributed by atoms with Crippen molar-refractivity contribution >= 4 is 11.7 Å². The van der Waals surface area contributed by atoms with E-state index in [0.29, 0.717) is 11.7 Å². The summed E-state index contributed by atoms with van der Waals surface area (Å²) in [6.45, 7) is 4.04. The number of methoxy groups -OCH3 is 1. The van der Waals surface area contributed by atoms with E-state index >= 15 is 0 Å². The lowest BCUT2D eigenvalue weighted by atomic mass is 10.1. The van der Waals surface area contributed by atoms with Crippen LogP contribution in [0.15, 0.2) is 24.3 Å². The van der Waals surface area contributed by atoms with E-state index in [0.717, 1.165) is 5.69 Å². The highest BCUT2D eigenvalue weighted by Crippen LogP contribution is 2.29. The molecular formula is C14H17N3O3. The molecule has 3 N–H and O–H groups in total. The third-order valence-electron chi connectivity index (χ3n) is 2.92. The number of aromatic hydroxyl groups is 1. The summed E-state index contributed by atoms with van der Waals surface area (Å²) >= 11 is 0. The minimum absolute atomic E-state index is 0.137. The summed E-state index contributed by atoms with van der Waals surface area (Å²) < 4.78 is 4.97. The van der Waals surface area contributed by atoms with Gasteiger partial charge in [-0.2, -0.15) is 5.10 Å². The Balaban J connectivity index is 2.19. The van der Waals surface area contributed by atoms with Gasteiger partial charge in [0, 0.05) is 11.8 Å². The molecule has 1 heterocycles. The van der Waals surface area contributed by atoms with Gasteiger partial charge in [0.2, 0.25) is 0 Å². The van der Waals surface area contributed by atoms with Crippen LogP contribution >= 0.6 is 0 Å². The second-order valence-corrected chi connectivity index (χ2v) is 4.67. The first-order chi connectivity index (χ1) is 9.52. The second-order valence-electron chi connectivity index (χ2n) is 4.67. The van der Waals surface area contributed by atoms with Crippen molar-refractivity contribution < 1.29 is 14.6 Å². The van der Waals surface area contributed by atoms with Crippen LogP contribution in [-0.4, -0.2) is 28.3 Å². The van der Waals surface area contributed by atoms with E-state index < -0.39 is 5.91 Å². The summed E-state index contributed by atoms with van der Waals surface area (Å²) in [5, 5.41) is 19.4. The minimum Gasteiger partial charge on any atom is -0.504 e. The maximum Gasteiger partial charge on any atom is 0.260 e. The molecule has 2 aromatic rings. The van der Waals surface area contributed by atoms with E-state index in [-0.39, 0.29) is 17.1 Å². The van der Waals surface area contributed by atoms with Crippen LogP contribution in [0.3, 0.4) is 0 Å². The molecule has 0 fully saturated rings. The largest absolute Gasteiger partial charge is 0.504 e. The molecule has 0 aliphatic carbocycles. The van der Waals surface area contributed by atoms with Crippen LogP contribution in [0.4, 0.5) is 5.82 Å². The molecule has 0 atom stereocenters. The molecule has 0 aliphatic heterocycles. The van der Waals surface area contributed by atoms with Crippen molar-refractivity contribution in [1.82, 2.24) is 10.2 Å². The average molecular weight is 275 g/mol. The van der Waals surface area contributed by atoms with E-state index in [4.69, 9.17) is 4.74 Å². The molecule has 0 aliphatic rings. The number of aromatic amines is 1. The summed E-state index contributed by atoms with van der Waals surface area (Å²) in [4.78, 5) is 12.1. The standard InChI is InChI=1S/C14H17N3O3/c1-8(2)10-7-12(17-16-10)15-14(19)9-5-4-6-11(20-3)13(9)18/h4-8,18H,1-3H3,(H2,15,16,17,19). The Morgan fingerprint density at radius 2 is 2.20 bits per heavy atom. The number of para-hydroxylation sites is 1. The number of nitrogens with one attached hydrogen (secondary N) is 2. The van der Waals surface area contributed by atoms with Gasteiger partial charge in [0.25, 0.3) is 5.91 Å². The zero-order valence-electron chi connectivity index (χ0n) is 11.6. The number of amides is 1. The molecule has 1 amide bonds. The van der Waals surface area contributed by atoms with Crippen molar-refractivity contribution in [2.75, 3.05) is 12.4 Å². The average Bonchev–Trinajstić information content (AvgIpc) is 2.87. The van der Waals surface area contributed by atoms with E-state index in [1.165, 1.54) is 13.2 Å². The zero-order chi connectivity index (χ0) is 14.7. The van der Waals surface area contributed by atoms with E-state index in [1.54, 1.807) is 18.2 Å². The molecule has 0 spiro atoms. The number of hydrogen-bond donors (Lipinski definition) is 3. The lowest BCUT2D eigenvalue weighted by molar-refractivity contribution is 0.102. The number of carbonyl (C=O) groups is 1. The number of benzene rings is 1. The quantitative estimate of drug-likeness (QED) is 0.800. The Kier molecular flexibility index (Phi) is 3.93. The Bertz CT molecular complexity index is 620. The van der Waals surface area contributed by atoms with Gasteiger partial charge in [-0.15, -0.1) is 0 Å². The van der Waals surface area contributed by atoms with Gasteiger partial charge >= 0.3 is 0 Å². The Labute approximate surface area is 116 Å². The van der Waals surface area contributed by atoms with Crippen molar-refractivity contribution in [3.63, 3.8) is 0 Å². The summed E-state index contributed by atoms with van der Waals surface area (Å²) in [6.07, 6.45) is 0. The summed E-state index contributed by atoms with van der Waals surface area (Å²) in [7, 11) is 1.43. The third kappa shape index (κ3) is 2.74. The van der Waals surface area contributed by atoms with Crippen molar-refractivity contribution in [1.29, 1.82) is 0 Å². The minimum atomic E-state index is -0.441. The van der Waals surface area contributed by atoms with Crippen LogP contribution in [0, 0.1) is 0 Å². The first kappa shape index (κ1) is 13.9. The monoisotopic (exact) mass is 275 g/mol. The lowest BCUT2D eigenvalue weighted by Crippen LogP contribution is -2.12. The van der Waals surface area contributed by atoms with E-state index in [2.05, 4.69) is 15.5 Å². The van der Waals surface area contributed by atoms with Crippen LogP contribution in [0.1, 0.15) is 35.8 Å². The molecule has 20 heavy (non-hydrogen) atoms. The summed E-state index contributed by atoms with van der Waals surface area (Å²) in [6, 6.07) is 6.50. The van der Waals surface area contributed by atoms with Gasteiger partial charge in [-0.3, -0.25) is 9.89 Å². The van der Waals surface area contributed by atoms with Gasteiger partial charge < -0.3 is 15.2 Å². The highest BCUT2D eigenvalue weighted by Gasteiger charge is 2.16. The summed E-state index contributed by atoms with van der Waals surface area (Å²) in [5.74, 6) is 0.331. The molecule has 0 unspecified atom stereocenters. The van der Waals surface area contributed by atoms with Crippen LogP contribution in [0.2, 0.25) is 0 Å². The molecule has 0 bridgehead atoms. The first-order valence-electron chi connectivity index (χ1n) is 6.25. The SMILES string of the molecule is COc1cccc(C(=O)Nc2cc(C(C)C)[nH]n2)c1O. The number of phenols is 1. The highest BCUT2D eigenvalue weighted by molar-refractivity contribution is 6.06. The molecule has 1 aromatic heterocycles. The van der Waals surface area contributed by atoms with E-state index in [1.807, 2.05) is 13.8 Å². The normalized spacial score (nSPS) is 10.6. The predicted octanol–water partition coefficient (Wildman–Crippen LogP) is 2.50. The molecule has 0 saturated heterocycles. The number of phenolic OH excluding ortho intramolecular Hbond substituents is 1. The number of H-pyrrole nitrogens is 1. The smallest absolute Gasteiger partial charge is 0.260 e. The number of rotatable bonds is 4. The molecule has 6 nitrogen and oxygen atoms in total. The maximum atomic E-state index is 12.1. The topological polar surface area (TPSA) is 87.2 Å². The molecule has 1 aromatic carbocycles. The van der Waals surface area contributed by atoms with Crippen LogP contribution in [0.5, 0.6) is 11.5 Å². The number of nitrogens with zero attached hydrogens (tertiary/aromatic N) is 1. The molecule has 6 heteroatoms. The fourth-order valence-corrected chi connectivity index (χ4v) is 1.75. The van der Waals surface area contributed by atoms with Crippen LogP contribution in [-0.2, 0) is 0 Å². The van der Waals surface area contributed by atoms with Crippen molar-refractivity contribution in [2.24, 2.45) is 0 Å². The Morgan fingerprint density at radius 1 is 1.45 bits per heavy atom. The number of aromatic nitrogens is 2. The fraction of sp³-hybridized carbons (Fsp3) is 0.286. The number of anilines is 1.